The lowest BCUT2D eigenvalue weighted by molar-refractivity contribution is 0.0527. The largest absolute Gasteiger partial charge is 0.462 e. The van der Waals surface area contributed by atoms with E-state index < -0.39 is 5.97 Å². The minimum absolute atomic E-state index is 0.338. The van der Waals surface area contributed by atoms with Gasteiger partial charge in [0.05, 0.1) is 17.9 Å². The maximum Gasteiger partial charge on any atom is 0.340 e. The highest BCUT2D eigenvalue weighted by Gasteiger charge is 2.16. The number of hydrogen-bond donors (Lipinski definition) is 2. The van der Waals surface area contributed by atoms with Crippen LogP contribution in [0.2, 0.25) is 0 Å². The summed E-state index contributed by atoms with van der Waals surface area (Å²) in [4.78, 5) is 15.9. The van der Waals surface area contributed by atoms with Crippen LogP contribution >= 0.6 is 0 Å². The van der Waals surface area contributed by atoms with Gasteiger partial charge in [-0.05, 0) is 25.3 Å². The van der Waals surface area contributed by atoms with Crippen LogP contribution in [0.15, 0.2) is 12.3 Å². The summed E-state index contributed by atoms with van der Waals surface area (Å²) >= 11 is 0. The van der Waals surface area contributed by atoms with Crippen LogP contribution in [-0.2, 0) is 4.74 Å². The van der Waals surface area contributed by atoms with Crippen molar-refractivity contribution in [2.45, 2.75) is 39.0 Å². The summed E-state index contributed by atoms with van der Waals surface area (Å²) < 4.78 is 4.98. The number of ether oxygens (including phenoxy) is 1. The fourth-order valence-corrected chi connectivity index (χ4v) is 2.69. The monoisotopic (exact) mass is 277 g/mol. The van der Waals surface area contributed by atoms with Gasteiger partial charge >= 0.3 is 5.97 Å². The van der Waals surface area contributed by atoms with Crippen molar-refractivity contribution >= 4 is 17.5 Å². The Bertz CT molecular complexity index is 456. The molecule has 2 rings (SSSR count). The Morgan fingerprint density at radius 3 is 2.95 bits per heavy atom. The third-order valence-corrected chi connectivity index (χ3v) is 3.81. The number of carbonyl (C=O) groups excluding carboxylic acids is 1. The molecule has 5 heteroatoms. The maximum atomic E-state index is 11.7. The van der Waals surface area contributed by atoms with Crippen LogP contribution in [0.3, 0.4) is 0 Å². The van der Waals surface area contributed by atoms with Gasteiger partial charge in [0, 0.05) is 12.7 Å². The molecule has 3 N–H and O–H groups in total. The van der Waals surface area contributed by atoms with Crippen molar-refractivity contribution in [3.63, 3.8) is 0 Å². The second-order valence-electron chi connectivity index (χ2n) is 5.21. The molecule has 110 valence electrons. The molecule has 1 fully saturated rings. The molecule has 0 aliphatic heterocycles. The Morgan fingerprint density at radius 1 is 1.50 bits per heavy atom. The van der Waals surface area contributed by atoms with E-state index in [2.05, 4.69) is 10.3 Å². The number of nitrogens with one attached hydrogen (secondary N) is 1. The van der Waals surface area contributed by atoms with Gasteiger partial charge in [0.15, 0.2) is 0 Å². The molecule has 1 aromatic rings. The number of anilines is 2. The number of nitrogens with two attached hydrogens (primary N) is 1. The van der Waals surface area contributed by atoms with E-state index in [-0.39, 0.29) is 0 Å². The SMILES string of the molecule is CCOC(=O)c1ccnc(NCCC2CCCC2)c1N. The van der Waals surface area contributed by atoms with Crippen molar-refractivity contribution in [2.24, 2.45) is 5.92 Å². The first kappa shape index (κ1) is 14.6. The van der Waals surface area contributed by atoms with Crippen molar-refractivity contribution < 1.29 is 9.53 Å². The second-order valence-corrected chi connectivity index (χ2v) is 5.21. The van der Waals surface area contributed by atoms with Crippen molar-refractivity contribution in [2.75, 3.05) is 24.2 Å². The van der Waals surface area contributed by atoms with Crippen LogP contribution < -0.4 is 11.1 Å². The highest BCUT2D eigenvalue weighted by molar-refractivity contribution is 5.97. The van der Waals surface area contributed by atoms with Crippen molar-refractivity contribution in [1.29, 1.82) is 0 Å². The topological polar surface area (TPSA) is 77.2 Å². The van der Waals surface area contributed by atoms with Crippen LogP contribution in [-0.4, -0.2) is 24.1 Å². The smallest absolute Gasteiger partial charge is 0.340 e. The summed E-state index contributed by atoms with van der Waals surface area (Å²) in [6, 6.07) is 1.59. The lowest BCUT2D eigenvalue weighted by atomic mass is 10.0. The predicted molar refractivity (Wildman–Crippen MR) is 79.7 cm³/mol. The lowest BCUT2D eigenvalue weighted by Crippen LogP contribution is -2.13. The molecule has 5 nitrogen and oxygen atoms in total. The average molecular weight is 277 g/mol. The Morgan fingerprint density at radius 2 is 2.25 bits per heavy atom. The van der Waals surface area contributed by atoms with Gasteiger partial charge in [-0.25, -0.2) is 9.78 Å². The summed E-state index contributed by atoms with van der Waals surface area (Å²) in [5.74, 6) is 0.997. The van der Waals surface area contributed by atoms with E-state index in [0.717, 1.165) is 18.9 Å². The highest BCUT2D eigenvalue weighted by Crippen LogP contribution is 2.28. The number of hydrogen-bond acceptors (Lipinski definition) is 5. The summed E-state index contributed by atoms with van der Waals surface area (Å²) in [7, 11) is 0. The van der Waals surface area contributed by atoms with Crippen molar-refractivity contribution in [1.82, 2.24) is 4.98 Å². The van der Waals surface area contributed by atoms with Crippen LogP contribution in [0.25, 0.3) is 0 Å². The molecule has 0 atom stereocenters. The van der Waals surface area contributed by atoms with E-state index in [1.165, 1.54) is 25.7 Å². The van der Waals surface area contributed by atoms with E-state index >= 15 is 0 Å². The van der Waals surface area contributed by atoms with E-state index in [1.54, 1.807) is 19.2 Å². The minimum atomic E-state index is -0.397. The number of carbonyl (C=O) groups is 1. The average Bonchev–Trinajstić information content (AvgIpc) is 2.94. The summed E-state index contributed by atoms with van der Waals surface area (Å²) in [6.07, 6.45) is 8.07. The van der Waals surface area contributed by atoms with Crippen LogP contribution in [0.1, 0.15) is 49.4 Å². The van der Waals surface area contributed by atoms with Crippen LogP contribution in [0.5, 0.6) is 0 Å². The molecule has 0 unspecified atom stereocenters. The van der Waals surface area contributed by atoms with Crippen molar-refractivity contribution in [3.05, 3.63) is 17.8 Å². The van der Waals surface area contributed by atoms with Gasteiger partial charge in [-0.1, -0.05) is 25.7 Å². The minimum Gasteiger partial charge on any atom is -0.462 e. The Balaban J connectivity index is 1.93. The number of esters is 1. The molecule has 0 aromatic carbocycles. The number of nitrogen functional groups attached to an aromatic ring is 1. The van der Waals surface area contributed by atoms with Crippen LogP contribution in [0.4, 0.5) is 11.5 Å². The second kappa shape index (κ2) is 7.12. The van der Waals surface area contributed by atoms with E-state index in [9.17, 15) is 4.79 Å². The van der Waals surface area contributed by atoms with Gasteiger partial charge in [-0.15, -0.1) is 0 Å². The first-order valence-corrected chi connectivity index (χ1v) is 7.37. The first-order chi connectivity index (χ1) is 9.72. The standard InChI is InChI=1S/C15H23N3O2/c1-2-20-15(19)12-8-10-18-14(13(12)16)17-9-7-11-5-3-4-6-11/h8,10-11H,2-7,9,16H2,1H3,(H,17,18). The van der Waals surface area contributed by atoms with E-state index in [0.29, 0.717) is 23.7 Å². The molecule has 0 radical (unpaired) electrons. The molecule has 1 aliphatic rings. The summed E-state index contributed by atoms with van der Waals surface area (Å²) in [6.45, 7) is 2.95. The molecule has 1 aliphatic carbocycles. The molecule has 1 heterocycles. The van der Waals surface area contributed by atoms with Gasteiger partial charge in [0.1, 0.15) is 5.82 Å². The molecular weight excluding hydrogens is 254 g/mol. The van der Waals surface area contributed by atoms with Gasteiger partial charge in [0.2, 0.25) is 0 Å². The number of nitrogens with zero attached hydrogens (tertiary/aromatic N) is 1. The molecule has 1 aromatic heterocycles. The molecule has 0 spiro atoms. The highest BCUT2D eigenvalue weighted by atomic mass is 16.5. The molecule has 0 amide bonds. The van der Waals surface area contributed by atoms with E-state index in [1.807, 2.05) is 0 Å². The number of aromatic nitrogens is 1. The van der Waals surface area contributed by atoms with Crippen molar-refractivity contribution in [3.8, 4) is 0 Å². The summed E-state index contributed by atoms with van der Waals surface area (Å²) in [5.41, 5.74) is 6.74. The Hall–Kier alpha value is -1.78. The molecular formula is C15H23N3O2. The summed E-state index contributed by atoms with van der Waals surface area (Å²) in [5, 5.41) is 3.23. The molecule has 0 bridgehead atoms. The number of pyridine rings is 1. The van der Waals surface area contributed by atoms with E-state index in [4.69, 9.17) is 10.5 Å². The third kappa shape index (κ3) is 3.62. The fraction of sp³-hybridized carbons (Fsp3) is 0.600. The van der Waals surface area contributed by atoms with Gasteiger partial charge in [-0.3, -0.25) is 0 Å². The zero-order valence-electron chi connectivity index (χ0n) is 12.0. The Labute approximate surface area is 119 Å². The lowest BCUT2D eigenvalue weighted by Gasteiger charge is -2.13. The third-order valence-electron chi connectivity index (χ3n) is 3.81. The van der Waals surface area contributed by atoms with Gasteiger partial charge in [0.25, 0.3) is 0 Å². The maximum absolute atomic E-state index is 11.7. The molecule has 1 saturated carbocycles. The Kier molecular flexibility index (Phi) is 5.21. The fourth-order valence-electron chi connectivity index (χ4n) is 2.69. The normalized spacial score (nSPS) is 15.2. The molecule has 20 heavy (non-hydrogen) atoms. The zero-order valence-corrected chi connectivity index (χ0v) is 12.0. The van der Waals surface area contributed by atoms with Gasteiger partial charge < -0.3 is 15.8 Å². The first-order valence-electron chi connectivity index (χ1n) is 7.37. The zero-order chi connectivity index (χ0) is 14.4. The van der Waals surface area contributed by atoms with Gasteiger partial charge in [-0.2, -0.15) is 0 Å². The number of rotatable bonds is 6. The molecule has 0 saturated heterocycles. The predicted octanol–water partition coefficient (Wildman–Crippen LogP) is 2.83. The quantitative estimate of drug-likeness (QED) is 0.782. The van der Waals surface area contributed by atoms with Crippen LogP contribution in [0, 0.1) is 5.92 Å².